The number of rotatable bonds is 4. The first-order valence-electron chi connectivity index (χ1n) is 8.56. The summed E-state index contributed by atoms with van der Waals surface area (Å²) in [5.74, 6) is 1.29. The van der Waals surface area contributed by atoms with Gasteiger partial charge in [0.05, 0.1) is 31.0 Å². The smallest absolute Gasteiger partial charge is 0.161 e. The molecule has 0 aliphatic carbocycles. The van der Waals surface area contributed by atoms with Crippen molar-refractivity contribution in [2.45, 2.75) is 0 Å². The van der Waals surface area contributed by atoms with Gasteiger partial charge in [-0.3, -0.25) is 4.98 Å². The van der Waals surface area contributed by atoms with Crippen LogP contribution in [-0.2, 0) is 0 Å². The van der Waals surface area contributed by atoms with Crippen molar-refractivity contribution >= 4 is 10.9 Å². The van der Waals surface area contributed by atoms with Gasteiger partial charge in [-0.1, -0.05) is 6.07 Å². The molecule has 0 saturated carbocycles. The number of hydrogen-bond acceptors (Lipinski definition) is 6. The first-order valence-corrected chi connectivity index (χ1v) is 8.56. The topological polar surface area (TPSA) is 80.9 Å². The molecule has 0 saturated heterocycles. The van der Waals surface area contributed by atoms with Gasteiger partial charge in [0.1, 0.15) is 12.4 Å². The second-order valence-electron chi connectivity index (χ2n) is 6.10. The lowest BCUT2D eigenvalue weighted by atomic mass is 10.0. The quantitative estimate of drug-likeness (QED) is 0.536. The van der Waals surface area contributed by atoms with E-state index in [4.69, 9.17) is 14.7 Å². The fourth-order valence-electron chi connectivity index (χ4n) is 3.11. The molecule has 0 unspecified atom stereocenters. The lowest BCUT2D eigenvalue weighted by Crippen LogP contribution is -1.93. The molecular formula is C22H16N4O2. The van der Waals surface area contributed by atoms with E-state index in [9.17, 15) is 0 Å². The van der Waals surface area contributed by atoms with Gasteiger partial charge in [0.15, 0.2) is 11.5 Å². The molecule has 2 aromatic carbocycles. The molecule has 136 valence electrons. The largest absolute Gasteiger partial charge is 0.493 e. The summed E-state index contributed by atoms with van der Waals surface area (Å²) in [4.78, 5) is 13.0. The fraction of sp³-hybridized carbons (Fsp3) is 0.0909. The van der Waals surface area contributed by atoms with Crippen LogP contribution >= 0.6 is 0 Å². The monoisotopic (exact) mass is 368 g/mol. The van der Waals surface area contributed by atoms with Crippen LogP contribution in [0.2, 0.25) is 0 Å². The first kappa shape index (κ1) is 17.4. The zero-order chi connectivity index (χ0) is 19.5. The zero-order valence-corrected chi connectivity index (χ0v) is 15.4. The number of aromatic nitrogens is 3. The summed E-state index contributed by atoms with van der Waals surface area (Å²) in [5, 5.41) is 10.0. The Kier molecular flexibility index (Phi) is 4.56. The molecule has 0 aliphatic heterocycles. The van der Waals surface area contributed by atoms with E-state index in [0.29, 0.717) is 17.1 Å². The predicted molar refractivity (Wildman–Crippen MR) is 106 cm³/mol. The minimum absolute atomic E-state index is 0.516. The predicted octanol–water partition coefficient (Wildman–Crippen LogP) is 4.25. The fourth-order valence-corrected chi connectivity index (χ4v) is 3.11. The van der Waals surface area contributed by atoms with Gasteiger partial charge >= 0.3 is 0 Å². The number of pyridine rings is 1. The van der Waals surface area contributed by atoms with Crippen LogP contribution < -0.4 is 9.47 Å². The first-order chi connectivity index (χ1) is 13.7. The van der Waals surface area contributed by atoms with Crippen LogP contribution in [0.1, 0.15) is 5.56 Å². The van der Waals surface area contributed by atoms with E-state index in [2.05, 4.69) is 21.0 Å². The maximum Gasteiger partial charge on any atom is 0.161 e. The minimum Gasteiger partial charge on any atom is -0.493 e. The van der Waals surface area contributed by atoms with Gasteiger partial charge in [0, 0.05) is 28.9 Å². The van der Waals surface area contributed by atoms with Crippen LogP contribution in [0, 0.1) is 11.3 Å². The number of benzene rings is 2. The van der Waals surface area contributed by atoms with Crippen LogP contribution in [0.5, 0.6) is 11.5 Å². The molecule has 28 heavy (non-hydrogen) atoms. The van der Waals surface area contributed by atoms with Crippen LogP contribution in [0.25, 0.3) is 33.3 Å². The Morgan fingerprint density at radius 1 is 0.821 bits per heavy atom. The zero-order valence-electron chi connectivity index (χ0n) is 15.4. The Labute approximate surface area is 162 Å². The average Bonchev–Trinajstić information content (AvgIpc) is 2.77. The van der Waals surface area contributed by atoms with Crippen molar-refractivity contribution in [2.24, 2.45) is 0 Å². The Hall–Kier alpha value is -3.98. The molecule has 0 radical (unpaired) electrons. The average molecular weight is 368 g/mol. The minimum atomic E-state index is 0.516. The number of nitrogens with zero attached hydrogens (tertiary/aromatic N) is 4. The van der Waals surface area contributed by atoms with Crippen molar-refractivity contribution < 1.29 is 9.47 Å². The van der Waals surface area contributed by atoms with Crippen molar-refractivity contribution in [3.05, 3.63) is 66.7 Å². The summed E-state index contributed by atoms with van der Waals surface area (Å²) < 4.78 is 10.7. The van der Waals surface area contributed by atoms with Gasteiger partial charge in [-0.15, -0.1) is 0 Å². The van der Waals surface area contributed by atoms with E-state index in [0.717, 1.165) is 33.3 Å². The number of fused-ring (bicyclic) bond motifs is 1. The van der Waals surface area contributed by atoms with Gasteiger partial charge in [-0.05, 0) is 42.0 Å². The van der Waals surface area contributed by atoms with Crippen molar-refractivity contribution in [1.82, 2.24) is 15.0 Å². The van der Waals surface area contributed by atoms with Gasteiger partial charge in [-0.25, -0.2) is 9.97 Å². The third kappa shape index (κ3) is 3.10. The summed E-state index contributed by atoms with van der Waals surface area (Å²) in [5.41, 5.74) is 4.83. The van der Waals surface area contributed by atoms with Crippen molar-refractivity contribution in [1.29, 1.82) is 5.26 Å². The number of methoxy groups -OCH3 is 2. The third-order valence-electron chi connectivity index (χ3n) is 4.49. The van der Waals surface area contributed by atoms with Gasteiger partial charge in [0.25, 0.3) is 0 Å². The van der Waals surface area contributed by atoms with E-state index in [1.807, 2.05) is 42.5 Å². The number of hydrogen-bond donors (Lipinski definition) is 0. The molecule has 0 atom stereocenters. The Balaban J connectivity index is 1.89. The second-order valence-corrected chi connectivity index (χ2v) is 6.10. The van der Waals surface area contributed by atoms with E-state index in [1.165, 1.54) is 0 Å². The van der Waals surface area contributed by atoms with E-state index >= 15 is 0 Å². The molecule has 2 aromatic heterocycles. The van der Waals surface area contributed by atoms with Crippen molar-refractivity contribution in [2.75, 3.05) is 14.2 Å². The molecule has 0 aliphatic rings. The second kappa shape index (κ2) is 7.33. The highest BCUT2D eigenvalue weighted by molar-refractivity contribution is 5.95. The highest BCUT2D eigenvalue weighted by Crippen LogP contribution is 2.35. The normalized spacial score (nSPS) is 10.5. The lowest BCUT2D eigenvalue weighted by Gasteiger charge is -2.11. The van der Waals surface area contributed by atoms with E-state index in [-0.39, 0.29) is 0 Å². The van der Waals surface area contributed by atoms with E-state index < -0.39 is 0 Å². The van der Waals surface area contributed by atoms with Crippen LogP contribution in [0.3, 0.4) is 0 Å². The molecule has 0 fully saturated rings. The molecule has 0 N–H and O–H groups in total. The summed E-state index contributed by atoms with van der Waals surface area (Å²) in [6.07, 6.45) is 4.83. The summed E-state index contributed by atoms with van der Waals surface area (Å²) in [7, 11) is 3.21. The molecule has 0 spiro atoms. The molecule has 2 heterocycles. The molecule has 4 rings (SSSR count). The highest BCUT2D eigenvalue weighted by Gasteiger charge is 2.12. The molecule has 6 nitrogen and oxygen atoms in total. The van der Waals surface area contributed by atoms with Crippen LogP contribution in [0.15, 0.2) is 61.2 Å². The summed E-state index contributed by atoms with van der Waals surface area (Å²) in [6, 6.07) is 15.5. The number of ether oxygens (including phenoxy) is 2. The standard InChI is InChI=1S/C22H16N4O2/c1-27-20-6-4-16(9-21(20)28-2)22-18-8-15(3-5-19(18)25-13-26-22)17-7-14(10-23)11-24-12-17/h3-9,11-13H,1-2H3. The van der Waals surface area contributed by atoms with Crippen LogP contribution in [0.4, 0.5) is 0 Å². The highest BCUT2D eigenvalue weighted by atomic mass is 16.5. The van der Waals surface area contributed by atoms with E-state index in [1.54, 1.807) is 32.9 Å². The Morgan fingerprint density at radius 3 is 2.43 bits per heavy atom. The summed E-state index contributed by atoms with van der Waals surface area (Å²) in [6.45, 7) is 0. The molecule has 0 amide bonds. The third-order valence-corrected chi connectivity index (χ3v) is 4.49. The number of nitriles is 1. The SMILES string of the molecule is COc1ccc(-c2ncnc3ccc(-c4cncc(C#N)c4)cc23)cc1OC. The van der Waals surface area contributed by atoms with Crippen molar-refractivity contribution in [3.8, 4) is 40.0 Å². The summed E-state index contributed by atoms with van der Waals surface area (Å²) >= 11 is 0. The molecule has 0 bridgehead atoms. The Morgan fingerprint density at radius 2 is 1.64 bits per heavy atom. The maximum atomic E-state index is 9.13. The van der Waals surface area contributed by atoms with Crippen molar-refractivity contribution in [3.63, 3.8) is 0 Å². The molecule has 6 heteroatoms. The van der Waals surface area contributed by atoms with Gasteiger partial charge in [0.2, 0.25) is 0 Å². The molecular weight excluding hydrogens is 352 g/mol. The Bertz CT molecular complexity index is 1210. The van der Waals surface area contributed by atoms with Crippen LogP contribution in [-0.4, -0.2) is 29.2 Å². The van der Waals surface area contributed by atoms with Gasteiger partial charge in [-0.2, -0.15) is 5.26 Å². The van der Waals surface area contributed by atoms with Gasteiger partial charge < -0.3 is 9.47 Å². The maximum absolute atomic E-state index is 9.13. The molecule has 4 aromatic rings. The lowest BCUT2D eigenvalue weighted by molar-refractivity contribution is 0.355.